The molecule has 4 nitrogen and oxygen atoms in total. The quantitative estimate of drug-likeness (QED) is 0.840. The Kier molecular flexibility index (Phi) is 3.28. The average molecular weight is 239 g/mol. The molecule has 1 aromatic rings. The van der Waals surface area contributed by atoms with Gasteiger partial charge >= 0.3 is 5.97 Å². The molecule has 0 bridgehead atoms. The molecule has 1 atom stereocenters. The lowest BCUT2D eigenvalue weighted by molar-refractivity contribution is -0.142. The van der Waals surface area contributed by atoms with Crippen molar-refractivity contribution in [3.05, 3.63) is 29.6 Å². The topological polar surface area (TPSA) is 60.8 Å². The summed E-state index contributed by atoms with van der Waals surface area (Å²) in [5, 5.41) is 18.1. The van der Waals surface area contributed by atoms with Crippen LogP contribution >= 0.6 is 0 Å². The maximum atomic E-state index is 13.1. The van der Waals surface area contributed by atoms with Gasteiger partial charge in [-0.1, -0.05) is 6.07 Å². The monoisotopic (exact) mass is 239 g/mol. The van der Waals surface area contributed by atoms with E-state index in [-0.39, 0.29) is 5.75 Å². The minimum Gasteiger partial charge on any atom is -0.505 e. The molecule has 1 unspecified atom stereocenters. The minimum absolute atomic E-state index is 0.384. The molecule has 92 valence electrons. The van der Waals surface area contributed by atoms with Crippen LogP contribution in [0.2, 0.25) is 0 Å². The SMILES string of the molecule is O=C(O)C1CCCN1Cc1ccc(O)c(F)c1. The number of likely N-dealkylation sites (tertiary alicyclic amines) is 1. The van der Waals surface area contributed by atoms with Crippen molar-refractivity contribution in [3.63, 3.8) is 0 Å². The Morgan fingerprint density at radius 3 is 2.94 bits per heavy atom. The molecule has 1 saturated heterocycles. The largest absolute Gasteiger partial charge is 0.505 e. The summed E-state index contributed by atoms with van der Waals surface area (Å²) >= 11 is 0. The number of benzene rings is 1. The first-order valence-electron chi connectivity index (χ1n) is 5.52. The van der Waals surface area contributed by atoms with Crippen LogP contribution in [0.4, 0.5) is 4.39 Å². The van der Waals surface area contributed by atoms with E-state index in [0.717, 1.165) is 6.42 Å². The number of nitrogens with zero attached hydrogens (tertiary/aromatic N) is 1. The second kappa shape index (κ2) is 4.71. The van der Waals surface area contributed by atoms with Gasteiger partial charge in [-0.2, -0.15) is 0 Å². The molecule has 17 heavy (non-hydrogen) atoms. The van der Waals surface area contributed by atoms with Gasteiger partial charge in [-0.25, -0.2) is 4.39 Å². The van der Waals surface area contributed by atoms with Gasteiger partial charge < -0.3 is 10.2 Å². The third-order valence-corrected chi connectivity index (χ3v) is 3.05. The highest BCUT2D eigenvalue weighted by molar-refractivity contribution is 5.73. The second-order valence-corrected chi connectivity index (χ2v) is 4.25. The van der Waals surface area contributed by atoms with Crippen molar-refractivity contribution in [1.29, 1.82) is 0 Å². The molecule has 0 amide bonds. The maximum Gasteiger partial charge on any atom is 0.320 e. The fourth-order valence-electron chi connectivity index (χ4n) is 2.18. The number of aromatic hydroxyl groups is 1. The van der Waals surface area contributed by atoms with E-state index in [4.69, 9.17) is 10.2 Å². The van der Waals surface area contributed by atoms with Gasteiger partial charge in [0.05, 0.1) is 0 Å². The summed E-state index contributed by atoms with van der Waals surface area (Å²) in [6, 6.07) is 3.66. The van der Waals surface area contributed by atoms with E-state index in [9.17, 15) is 9.18 Å². The van der Waals surface area contributed by atoms with Gasteiger partial charge in [0.15, 0.2) is 11.6 Å². The molecule has 0 spiro atoms. The number of carbonyl (C=O) groups is 1. The van der Waals surface area contributed by atoms with Crippen LogP contribution in [0.5, 0.6) is 5.75 Å². The molecule has 1 heterocycles. The highest BCUT2D eigenvalue weighted by atomic mass is 19.1. The summed E-state index contributed by atoms with van der Waals surface area (Å²) in [5.74, 6) is -1.89. The summed E-state index contributed by atoms with van der Waals surface area (Å²) in [7, 11) is 0. The van der Waals surface area contributed by atoms with E-state index in [1.54, 1.807) is 6.07 Å². The van der Waals surface area contributed by atoms with Gasteiger partial charge in [0.25, 0.3) is 0 Å². The average Bonchev–Trinajstić information content (AvgIpc) is 2.72. The Morgan fingerprint density at radius 2 is 2.29 bits per heavy atom. The number of phenolic OH excluding ortho intramolecular Hbond substituents is 1. The third kappa shape index (κ3) is 2.55. The summed E-state index contributed by atoms with van der Waals surface area (Å²) in [6.07, 6.45) is 1.48. The fraction of sp³-hybridized carbons (Fsp3) is 0.417. The van der Waals surface area contributed by atoms with Crippen molar-refractivity contribution in [3.8, 4) is 5.75 Å². The van der Waals surface area contributed by atoms with E-state index >= 15 is 0 Å². The number of rotatable bonds is 3. The van der Waals surface area contributed by atoms with Gasteiger partial charge in [-0.05, 0) is 37.1 Å². The highest BCUT2D eigenvalue weighted by Gasteiger charge is 2.30. The van der Waals surface area contributed by atoms with Crippen LogP contribution in [0.15, 0.2) is 18.2 Å². The summed E-state index contributed by atoms with van der Waals surface area (Å²) in [5.41, 5.74) is 0.674. The number of hydrogen-bond acceptors (Lipinski definition) is 3. The fourth-order valence-corrected chi connectivity index (χ4v) is 2.18. The van der Waals surface area contributed by atoms with Crippen LogP contribution in [0.3, 0.4) is 0 Å². The van der Waals surface area contributed by atoms with Gasteiger partial charge in [0, 0.05) is 6.54 Å². The first-order valence-corrected chi connectivity index (χ1v) is 5.52. The molecule has 1 aromatic carbocycles. The van der Waals surface area contributed by atoms with Gasteiger partial charge in [-0.15, -0.1) is 0 Å². The van der Waals surface area contributed by atoms with Gasteiger partial charge in [-0.3, -0.25) is 9.69 Å². The number of halogens is 1. The molecule has 2 rings (SSSR count). The zero-order valence-corrected chi connectivity index (χ0v) is 9.27. The maximum absolute atomic E-state index is 13.1. The Hall–Kier alpha value is -1.62. The van der Waals surface area contributed by atoms with Crippen LogP contribution in [0.1, 0.15) is 18.4 Å². The number of phenols is 1. The smallest absolute Gasteiger partial charge is 0.320 e. The highest BCUT2D eigenvalue weighted by Crippen LogP contribution is 2.22. The predicted molar refractivity (Wildman–Crippen MR) is 59.1 cm³/mol. The van der Waals surface area contributed by atoms with Crippen molar-refractivity contribution in [2.45, 2.75) is 25.4 Å². The lowest BCUT2D eigenvalue weighted by Gasteiger charge is -2.20. The molecule has 2 N–H and O–H groups in total. The standard InChI is InChI=1S/C12H14FNO3/c13-9-6-8(3-4-11(9)15)7-14-5-1-2-10(14)12(16)17/h3-4,6,10,15H,1-2,5,7H2,(H,16,17). The minimum atomic E-state index is -0.832. The molecule has 5 heteroatoms. The normalized spacial score (nSPS) is 20.6. The molecular weight excluding hydrogens is 225 g/mol. The van der Waals surface area contributed by atoms with E-state index in [2.05, 4.69) is 0 Å². The first-order chi connectivity index (χ1) is 8.08. The van der Waals surface area contributed by atoms with E-state index in [1.807, 2.05) is 4.90 Å². The van der Waals surface area contributed by atoms with E-state index in [1.165, 1.54) is 12.1 Å². The van der Waals surface area contributed by atoms with Crippen molar-refractivity contribution in [1.82, 2.24) is 4.90 Å². The lowest BCUT2D eigenvalue weighted by Crippen LogP contribution is -2.35. The van der Waals surface area contributed by atoms with Crippen LogP contribution in [-0.4, -0.2) is 33.7 Å². The third-order valence-electron chi connectivity index (χ3n) is 3.05. The molecule has 0 aliphatic carbocycles. The number of hydrogen-bond donors (Lipinski definition) is 2. The molecule has 1 fully saturated rings. The van der Waals surface area contributed by atoms with Crippen LogP contribution in [0.25, 0.3) is 0 Å². The Balaban J connectivity index is 2.09. The van der Waals surface area contributed by atoms with Gasteiger partial charge in [0.2, 0.25) is 0 Å². The first kappa shape index (κ1) is 11.9. The second-order valence-electron chi connectivity index (χ2n) is 4.25. The lowest BCUT2D eigenvalue weighted by atomic mass is 10.1. The number of carboxylic acids is 1. The zero-order valence-electron chi connectivity index (χ0n) is 9.27. The van der Waals surface area contributed by atoms with Crippen molar-refractivity contribution >= 4 is 5.97 Å². The predicted octanol–water partition coefficient (Wildman–Crippen LogP) is 1.58. The Labute approximate surface area is 98.3 Å². The molecule has 0 aromatic heterocycles. The summed E-state index contributed by atoms with van der Waals surface area (Å²) < 4.78 is 13.1. The van der Waals surface area contributed by atoms with Crippen molar-refractivity contribution < 1.29 is 19.4 Å². The molecule has 1 aliphatic heterocycles. The molecular formula is C12H14FNO3. The zero-order chi connectivity index (χ0) is 12.4. The molecule has 1 aliphatic rings. The van der Waals surface area contributed by atoms with Crippen LogP contribution < -0.4 is 0 Å². The molecule has 0 saturated carbocycles. The Bertz CT molecular complexity index is 436. The van der Waals surface area contributed by atoms with E-state index < -0.39 is 17.8 Å². The van der Waals surface area contributed by atoms with Gasteiger partial charge in [0.1, 0.15) is 6.04 Å². The summed E-state index contributed by atoms with van der Waals surface area (Å²) in [6.45, 7) is 1.10. The van der Waals surface area contributed by atoms with Crippen molar-refractivity contribution in [2.75, 3.05) is 6.54 Å². The number of carboxylic acid groups (broad SMARTS) is 1. The Morgan fingerprint density at radius 1 is 1.53 bits per heavy atom. The summed E-state index contributed by atoms with van der Waals surface area (Å²) in [4.78, 5) is 12.8. The van der Waals surface area contributed by atoms with Crippen molar-refractivity contribution in [2.24, 2.45) is 0 Å². The van der Waals surface area contributed by atoms with Crippen LogP contribution in [0, 0.1) is 5.82 Å². The number of aliphatic carboxylic acids is 1. The molecule has 0 radical (unpaired) electrons. The van der Waals surface area contributed by atoms with E-state index in [0.29, 0.717) is 25.1 Å². The van der Waals surface area contributed by atoms with Crippen LogP contribution in [-0.2, 0) is 11.3 Å².